The molecule has 3 saturated carbocycles. The number of piperidine rings is 1. The molecule has 0 radical (unpaired) electrons. The number of ether oxygens (including phenoxy) is 1. The number of hydrogen-bond acceptors (Lipinski definition) is 5. The second-order valence-corrected chi connectivity index (χ2v) is 12.4. The van der Waals surface area contributed by atoms with E-state index in [4.69, 9.17) is 4.74 Å². The van der Waals surface area contributed by atoms with Gasteiger partial charge >= 0.3 is 5.97 Å². The number of sulfonamides is 1. The number of carbonyl (C=O) groups is 2. The van der Waals surface area contributed by atoms with Crippen LogP contribution in [0.3, 0.4) is 0 Å². The molecule has 2 atom stereocenters. The van der Waals surface area contributed by atoms with Gasteiger partial charge in [0.05, 0.1) is 17.8 Å². The van der Waals surface area contributed by atoms with Gasteiger partial charge in [0.25, 0.3) is 0 Å². The second-order valence-electron chi connectivity index (χ2n) is 10.5. The van der Waals surface area contributed by atoms with Gasteiger partial charge in [0.15, 0.2) is 0 Å². The molecule has 0 N–H and O–H groups in total. The van der Waals surface area contributed by atoms with Crippen LogP contribution in [-0.4, -0.2) is 49.9 Å². The Morgan fingerprint density at radius 1 is 1.14 bits per heavy atom. The smallest absolute Gasteiger partial charge is 0.312 e. The first-order chi connectivity index (χ1) is 13.6. The molecular formula is C22H35NO5S. The zero-order valence-corrected chi connectivity index (χ0v) is 18.9. The van der Waals surface area contributed by atoms with Gasteiger partial charge in [0.2, 0.25) is 10.0 Å². The molecule has 1 heterocycles. The Bertz CT molecular complexity index is 792. The van der Waals surface area contributed by atoms with Crippen LogP contribution in [0.1, 0.15) is 72.1 Å². The van der Waals surface area contributed by atoms with E-state index < -0.39 is 20.9 Å². The Kier molecular flexibility index (Phi) is 5.17. The lowest BCUT2D eigenvalue weighted by Gasteiger charge is -2.42. The summed E-state index contributed by atoms with van der Waals surface area (Å²) in [6.07, 6.45) is 6.33. The van der Waals surface area contributed by atoms with Crippen molar-refractivity contribution in [1.29, 1.82) is 0 Å². The monoisotopic (exact) mass is 425 g/mol. The summed E-state index contributed by atoms with van der Waals surface area (Å²) in [5, 5.41) is 0. The number of esters is 1. The number of ketones is 1. The van der Waals surface area contributed by atoms with E-state index in [0.717, 1.165) is 25.7 Å². The third-order valence-corrected chi connectivity index (χ3v) is 10.7. The SMILES string of the molecule is CCOC(=O)C1(CC2CC2)CCN(S(=O)(=O)C[C@]23CC[C@H](CC2=O)C3(C)C)CC1. The third-order valence-electron chi connectivity index (χ3n) is 8.73. The van der Waals surface area contributed by atoms with Crippen molar-refractivity contribution in [2.45, 2.75) is 72.1 Å². The lowest BCUT2D eigenvalue weighted by atomic mass is 9.70. The topological polar surface area (TPSA) is 80.8 Å². The lowest BCUT2D eigenvalue weighted by Crippen LogP contribution is -2.51. The maximum absolute atomic E-state index is 13.4. The summed E-state index contributed by atoms with van der Waals surface area (Å²) >= 11 is 0. The highest BCUT2D eigenvalue weighted by atomic mass is 32.2. The lowest BCUT2D eigenvalue weighted by molar-refractivity contribution is -0.159. The Hall–Kier alpha value is -0.950. The number of hydrogen-bond donors (Lipinski definition) is 0. The molecular weight excluding hydrogens is 390 g/mol. The van der Waals surface area contributed by atoms with Gasteiger partial charge in [-0.05, 0) is 56.3 Å². The molecule has 0 aromatic heterocycles. The normalized spacial score (nSPS) is 33.8. The summed E-state index contributed by atoms with van der Waals surface area (Å²) in [7, 11) is -3.56. The molecule has 164 valence electrons. The van der Waals surface area contributed by atoms with E-state index in [-0.39, 0.29) is 22.9 Å². The summed E-state index contributed by atoms with van der Waals surface area (Å²) < 4.78 is 33.6. The van der Waals surface area contributed by atoms with Crippen LogP contribution in [-0.2, 0) is 24.3 Å². The summed E-state index contributed by atoms with van der Waals surface area (Å²) in [5.41, 5.74) is -1.53. The van der Waals surface area contributed by atoms with E-state index in [9.17, 15) is 18.0 Å². The first kappa shape index (κ1) is 21.3. The largest absolute Gasteiger partial charge is 0.466 e. The van der Waals surface area contributed by atoms with E-state index >= 15 is 0 Å². The molecule has 1 saturated heterocycles. The van der Waals surface area contributed by atoms with Crippen LogP contribution in [0.4, 0.5) is 0 Å². The minimum absolute atomic E-state index is 0.0721. The van der Waals surface area contributed by atoms with Crippen molar-refractivity contribution in [3.05, 3.63) is 0 Å². The second kappa shape index (κ2) is 7.04. The van der Waals surface area contributed by atoms with E-state index in [1.807, 2.05) is 6.92 Å². The van der Waals surface area contributed by atoms with Gasteiger partial charge in [-0.1, -0.05) is 26.7 Å². The van der Waals surface area contributed by atoms with Gasteiger partial charge in [-0.15, -0.1) is 0 Å². The number of fused-ring (bicyclic) bond motifs is 2. The van der Waals surface area contributed by atoms with E-state index in [1.165, 1.54) is 0 Å². The van der Waals surface area contributed by atoms with E-state index in [2.05, 4.69) is 13.8 Å². The van der Waals surface area contributed by atoms with Crippen molar-refractivity contribution < 1.29 is 22.7 Å². The number of Topliss-reactive ketones (excluding diaryl/α,β-unsaturated/α-hetero) is 1. The highest BCUT2D eigenvalue weighted by Crippen LogP contribution is 2.64. The van der Waals surface area contributed by atoms with Gasteiger partial charge < -0.3 is 4.74 Å². The Balaban J connectivity index is 1.48. The van der Waals surface area contributed by atoms with Crippen molar-refractivity contribution in [3.63, 3.8) is 0 Å². The van der Waals surface area contributed by atoms with Crippen LogP contribution in [0.5, 0.6) is 0 Å². The molecule has 6 nitrogen and oxygen atoms in total. The minimum Gasteiger partial charge on any atom is -0.466 e. The summed E-state index contributed by atoms with van der Waals surface area (Å²) in [6, 6.07) is 0. The average Bonchev–Trinajstić information content (AvgIpc) is 3.40. The molecule has 0 spiro atoms. The quantitative estimate of drug-likeness (QED) is 0.585. The molecule has 0 aromatic rings. The summed E-state index contributed by atoms with van der Waals surface area (Å²) in [4.78, 5) is 25.5. The predicted molar refractivity (Wildman–Crippen MR) is 110 cm³/mol. The Morgan fingerprint density at radius 3 is 2.28 bits per heavy atom. The molecule has 4 rings (SSSR count). The van der Waals surface area contributed by atoms with Crippen molar-refractivity contribution in [2.75, 3.05) is 25.4 Å². The fourth-order valence-corrected chi connectivity index (χ4v) is 8.58. The maximum atomic E-state index is 13.4. The first-order valence-electron chi connectivity index (χ1n) is 11.2. The number of rotatable bonds is 7. The fourth-order valence-electron chi connectivity index (χ4n) is 6.35. The first-order valence-corrected chi connectivity index (χ1v) is 12.9. The van der Waals surface area contributed by atoms with Crippen molar-refractivity contribution >= 4 is 21.8 Å². The molecule has 0 unspecified atom stereocenters. The van der Waals surface area contributed by atoms with Crippen molar-refractivity contribution in [3.8, 4) is 0 Å². The van der Waals surface area contributed by atoms with Crippen LogP contribution in [0.2, 0.25) is 0 Å². The molecule has 3 aliphatic carbocycles. The van der Waals surface area contributed by atoms with Gasteiger partial charge in [-0.25, -0.2) is 12.7 Å². The molecule has 0 amide bonds. The zero-order valence-electron chi connectivity index (χ0n) is 18.0. The van der Waals surface area contributed by atoms with E-state index in [0.29, 0.717) is 57.2 Å². The van der Waals surface area contributed by atoms with E-state index in [1.54, 1.807) is 4.31 Å². The van der Waals surface area contributed by atoms with Crippen LogP contribution < -0.4 is 0 Å². The highest BCUT2D eigenvalue weighted by Gasteiger charge is 2.65. The van der Waals surface area contributed by atoms with Crippen LogP contribution in [0.25, 0.3) is 0 Å². The molecule has 4 aliphatic rings. The molecule has 29 heavy (non-hydrogen) atoms. The Labute approximate surface area is 174 Å². The maximum Gasteiger partial charge on any atom is 0.312 e. The summed E-state index contributed by atoms with van der Waals surface area (Å²) in [6.45, 7) is 7.01. The van der Waals surface area contributed by atoms with Crippen molar-refractivity contribution in [1.82, 2.24) is 4.31 Å². The predicted octanol–water partition coefficient (Wildman–Crippen LogP) is 3.16. The molecule has 0 aromatic carbocycles. The fraction of sp³-hybridized carbons (Fsp3) is 0.909. The zero-order chi connectivity index (χ0) is 21.1. The van der Waals surface area contributed by atoms with Crippen LogP contribution in [0.15, 0.2) is 0 Å². The van der Waals surface area contributed by atoms with Gasteiger partial charge in [0.1, 0.15) is 5.78 Å². The number of carbonyl (C=O) groups excluding carboxylic acids is 2. The van der Waals surface area contributed by atoms with Crippen molar-refractivity contribution in [2.24, 2.45) is 28.1 Å². The Morgan fingerprint density at radius 2 is 1.79 bits per heavy atom. The standard InChI is InChI=1S/C22H35NO5S/c1-4-28-19(25)21(14-16-5-6-16)9-11-23(12-10-21)29(26,27)15-22-8-7-17(13-18(22)24)20(22,2)3/h16-17H,4-15H2,1-3H3/t17-,22-/m1/s1. The van der Waals surface area contributed by atoms with Gasteiger partial charge in [-0.3, -0.25) is 9.59 Å². The molecule has 1 aliphatic heterocycles. The van der Waals surface area contributed by atoms with Gasteiger partial charge in [0, 0.05) is 24.9 Å². The average molecular weight is 426 g/mol. The minimum atomic E-state index is -3.56. The van der Waals surface area contributed by atoms with Gasteiger partial charge in [-0.2, -0.15) is 0 Å². The van der Waals surface area contributed by atoms with Crippen LogP contribution in [0, 0.1) is 28.1 Å². The third kappa shape index (κ3) is 3.36. The highest BCUT2D eigenvalue weighted by molar-refractivity contribution is 7.89. The molecule has 4 fully saturated rings. The number of nitrogens with zero attached hydrogens (tertiary/aromatic N) is 1. The molecule has 7 heteroatoms. The molecule has 2 bridgehead atoms. The van der Waals surface area contributed by atoms with Crippen LogP contribution >= 0.6 is 0 Å². The summed E-state index contributed by atoms with van der Waals surface area (Å²) in [5.74, 6) is 0.787.